The van der Waals surface area contributed by atoms with Crippen LogP contribution in [0, 0.1) is 3.57 Å². The van der Waals surface area contributed by atoms with E-state index in [0.717, 1.165) is 3.57 Å². The molecule has 0 aliphatic carbocycles. The Morgan fingerprint density at radius 2 is 1.85 bits per heavy atom. The standard InChI is InChI=1S/C9H7F2IO/c10-9(11)8(13)5-6-1-3-7(12)4-2-6/h1-4,9H,5H2. The van der Waals surface area contributed by atoms with Crippen LogP contribution >= 0.6 is 22.6 Å². The molecule has 0 aliphatic rings. The summed E-state index contributed by atoms with van der Waals surface area (Å²) in [6, 6.07) is 6.94. The van der Waals surface area contributed by atoms with Gasteiger partial charge in [0, 0.05) is 9.99 Å². The van der Waals surface area contributed by atoms with Gasteiger partial charge in [-0.2, -0.15) is 0 Å². The maximum Gasteiger partial charge on any atom is 0.296 e. The average Bonchev–Trinajstić information content (AvgIpc) is 2.08. The fourth-order valence-corrected chi connectivity index (χ4v) is 1.24. The number of ketones is 1. The summed E-state index contributed by atoms with van der Waals surface area (Å²) in [5.41, 5.74) is 0.630. The third-order valence-corrected chi connectivity index (χ3v) is 2.25. The predicted molar refractivity (Wildman–Crippen MR) is 53.9 cm³/mol. The molecule has 0 radical (unpaired) electrons. The Labute approximate surface area is 88.3 Å². The second-order valence-corrected chi connectivity index (χ2v) is 3.82. The SMILES string of the molecule is O=C(Cc1ccc(I)cc1)C(F)F. The third-order valence-electron chi connectivity index (χ3n) is 1.54. The van der Waals surface area contributed by atoms with Gasteiger partial charge >= 0.3 is 0 Å². The van der Waals surface area contributed by atoms with Gasteiger partial charge in [0.25, 0.3) is 6.43 Å². The molecule has 0 amide bonds. The lowest BCUT2D eigenvalue weighted by Crippen LogP contribution is -2.12. The molecule has 1 aromatic rings. The lowest BCUT2D eigenvalue weighted by atomic mass is 10.1. The number of carbonyl (C=O) groups excluding carboxylic acids is 1. The average molecular weight is 296 g/mol. The van der Waals surface area contributed by atoms with Crippen molar-refractivity contribution in [1.29, 1.82) is 0 Å². The van der Waals surface area contributed by atoms with Gasteiger partial charge < -0.3 is 0 Å². The van der Waals surface area contributed by atoms with Gasteiger partial charge in [-0.3, -0.25) is 4.79 Å². The second kappa shape index (κ2) is 4.64. The Balaban J connectivity index is 2.65. The number of alkyl halides is 2. The number of rotatable bonds is 3. The largest absolute Gasteiger partial charge is 0.296 e. The van der Waals surface area contributed by atoms with Crippen LogP contribution in [-0.2, 0) is 11.2 Å². The van der Waals surface area contributed by atoms with Crippen LogP contribution in [0.15, 0.2) is 24.3 Å². The molecule has 0 atom stereocenters. The van der Waals surface area contributed by atoms with Crippen LogP contribution in [0.1, 0.15) is 5.56 Å². The molecule has 1 aromatic carbocycles. The minimum absolute atomic E-state index is 0.186. The normalized spacial score (nSPS) is 10.5. The summed E-state index contributed by atoms with van der Waals surface area (Å²) in [5, 5.41) is 0. The molecular formula is C9H7F2IO. The molecule has 0 saturated heterocycles. The van der Waals surface area contributed by atoms with E-state index in [1.807, 2.05) is 0 Å². The summed E-state index contributed by atoms with van der Waals surface area (Å²) in [5.74, 6) is -1.03. The molecule has 70 valence electrons. The zero-order chi connectivity index (χ0) is 9.84. The van der Waals surface area contributed by atoms with Crippen molar-refractivity contribution < 1.29 is 13.6 Å². The minimum Gasteiger partial charge on any atom is -0.293 e. The number of Topliss-reactive ketones (excluding diaryl/α,β-unsaturated/α-hetero) is 1. The minimum atomic E-state index is -2.86. The van der Waals surface area contributed by atoms with E-state index in [1.165, 1.54) is 0 Å². The highest BCUT2D eigenvalue weighted by Crippen LogP contribution is 2.09. The van der Waals surface area contributed by atoms with Crippen LogP contribution in [0.2, 0.25) is 0 Å². The van der Waals surface area contributed by atoms with Gasteiger partial charge in [-0.1, -0.05) is 12.1 Å². The zero-order valence-electron chi connectivity index (χ0n) is 6.64. The smallest absolute Gasteiger partial charge is 0.293 e. The molecule has 1 rings (SSSR count). The molecule has 1 nitrogen and oxygen atoms in total. The van der Waals surface area contributed by atoms with Gasteiger partial charge in [-0.05, 0) is 40.3 Å². The van der Waals surface area contributed by atoms with Gasteiger partial charge in [0.15, 0.2) is 0 Å². The molecule has 0 spiro atoms. The maximum absolute atomic E-state index is 11.8. The molecule has 0 bridgehead atoms. The highest BCUT2D eigenvalue weighted by molar-refractivity contribution is 14.1. The monoisotopic (exact) mass is 296 g/mol. The first kappa shape index (κ1) is 10.6. The summed E-state index contributed by atoms with van der Waals surface area (Å²) in [4.78, 5) is 10.6. The van der Waals surface area contributed by atoms with Crippen LogP contribution in [0.3, 0.4) is 0 Å². The van der Waals surface area contributed by atoms with Crippen LogP contribution in [-0.4, -0.2) is 12.2 Å². The van der Waals surface area contributed by atoms with Crippen molar-refractivity contribution in [1.82, 2.24) is 0 Å². The van der Waals surface area contributed by atoms with E-state index < -0.39 is 12.2 Å². The predicted octanol–water partition coefficient (Wildman–Crippen LogP) is 2.67. The van der Waals surface area contributed by atoms with E-state index in [2.05, 4.69) is 22.6 Å². The molecule has 0 heterocycles. The van der Waals surface area contributed by atoms with Gasteiger partial charge in [0.05, 0.1) is 0 Å². The van der Waals surface area contributed by atoms with E-state index in [1.54, 1.807) is 24.3 Å². The number of hydrogen-bond donors (Lipinski definition) is 0. The van der Waals surface area contributed by atoms with E-state index >= 15 is 0 Å². The van der Waals surface area contributed by atoms with Crippen molar-refractivity contribution in [3.63, 3.8) is 0 Å². The van der Waals surface area contributed by atoms with Crippen molar-refractivity contribution >= 4 is 28.4 Å². The van der Waals surface area contributed by atoms with Crippen LogP contribution in [0.25, 0.3) is 0 Å². The molecule has 13 heavy (non-hydrogen) atoms. The zero-order valence-corrected chi connectivity index (χ0v) is 8.79. The molecule has 0 fully saturated rings. The fourth-order valence-electron chi connectivity index (χ4n) is 0.881. The second-order valence-electron chi connectivity index (χ2n) is 2.57. The number of halogens is 3. The van der Waals surface area contributed by atoms with Crippen molar-refractivity contribution in [3.05, 3.63) is 33.4 Å². The Kier molecular flexibility index (Phi) is 3.77. The van der Waals surface area contributed by atoms with E-state index in [0.29, 0.717) is 5.56 Å². The summed E-state index contributed by atoms with van der Waals surface area (Å²) in [7, 11) is 0. The molecule has 0 aromatic heterocycles. The highest BCUT2D eigenvalue weighted by atomic mass is 127. The Morgan fingerprint density at radius 3 is 2.31 bits per heavy atom. The molecule has 0 N–H and O–H groups in total. The van der Waals surface area contributed by atoms with Crippen LogP contribution in [0.5, 0.6) is 0 Å². The highest BCUT2D eigenvalue weighted by Gasteiger charge is 2.14. The fraction of sp³-hybridized carbons (Fsp3) is 0.222. The summed E-state index contributed by atoms with van der Waals surface area (Å²) >= 11 is 2.11. The summed E-state index contributed by atoms with van der Waals surface area (Å²) in [6.07, 6.45) is -3.05. The quantitative estimate of drug-likeness (QED) is 0.784. The van der Waals surface area contributed by atoms with Crippen molar-refractivity contribution in [2.75, 3.05) is 0 Å². The number of benzene rings is 1. The maximum atomic E-state index is 11.8. The molecule has 0 unspecified atom stereocenters. The van der Waals surface area contributed by atoms with Crippen LogP contribution in [0.4, 0.5) is 8.78 Å². The lowest BCUT2D eigenvalue weighted by molar-refractivity contribution is -0.128. The Morgan fingerprint density at radius 1 is 1.31 bits per heavy atom. The first-order valence-electron chi connectivity index (χ1n) is 3.65. The van der Waals surface area contributed by atoms with Crippen molar-refractivity contribution in [3.8, 4) is 0 Å². The van der Waals surface area contributed by atoms with Gasteiger partial charge in [0.2, 0.25) is 5.78 Å². The first-order chi connectivity index (χ1) is 6.09. The Bertz CT molecular complexity index is 295. The third kappa shape index (κ3) is 3.38. The first-order valence-corrected chi connectivity index (χ1v) is 4.73. The topological polar surface area (TPSA) is 17.1 Å². The lowest BCUT2D eigenvalue weighted by Gasteiger charge is -1.99. The molecule has 0 aliphatic heterocycles. The van der Waals surface area contributed by atoms with Crippen molar-refractivity contribution in [2.45, 2.75) is 12.8 Å². The van der Waals surface area contributed by atoms with Gasteiger partial charge in [-0.25, -0.2) is 8.78 Å². The number of hydrogen-bond acceptors (Lipinski definition) is 1. The van der Waals surface area contributed by atoms with E-state index in [-0.39, 0.29) is 6.42 Å². The summed E-state index contributed by atoms with van der Waals surface area (Å²) < 4.78 is 24.7. The number of carbonyl (C=O) groups is 1. The molecular weight excluding hydrogens is 289 g/mol. The Hall–Kier alpha value is -0.520. The van der Waals surface area contributed by atoms with E-state index in [4.69, 9.17) is 0 Å². The molecule has 4 heteroatoms. The van der Waals surface area contributed by atoms with Crippen molar-refractivity contribution in [2.24, 2.45) is 0 Å². The van der Waals surface area contributed by atoms with Gasteiger partial charge in [0.1, 0.15) is 0 Å². The molecule has 0 saturated carbocycles. The van der Waals surface area contributed by atoms with E-state index in [9.17, 15) is 13.6 Å². The summed E-state index contributed by atoms with van der Waals surface area (Å²) in [6.45, 7) is 0. The van der Waals surface area contributed by atoms with Crippen LogP contribution < -0.4 is 0 Å². The van der Waals surface area contributed by atoms with Gasteiger partial charge in [-0.15, -0.1) is 0 Å².